The summed E-state index contributed by atoms with van der Waals surface area (Å²) in [6.45, 7) is 0.481. The van der Waals surface area contributed by atoms with E-state index in [2.05, 4.69) is 20.1 Å². The van der Waals surface area contributed by atoms with Gasteiger partial charge in [-0.25, -0.2) is 0 Å². The van der Waals surface area contributed by atoms with Crippen LogP contribution in [0.5, 0.6) is 0 Å². The maximum Gasteiger partial charge on any atom is 0.268 e. The van der Waals surface area contributed by atoms with Crippen molar-refractivity contribution in [2.45, 2.75) is 31.8 Å². The normalized spacial score (nSPS) is 15.3. The molecule has 1 amide bonds. The number of hydrogen-bond donors (Lipinski definition) is 2. The zero-order chi connectivity index (χ0) is 12.4. The Morgan fingerprint density at radius 2 is 2.39 bits per heavy atom. The molecule has 3 rings (SSSR count). The van der Waals surface area contributed by atoms with Gasteiger partial charge in [0, 0.05) is 18.4 Å². The lowest BCUT2D eigenvalue weighted by Gasteiger charge is -2.28. The van der Waals surface area contributed by atoms with Crippen LogP contribution in [0.1, 0.15) is 41.5 Å². The lowest BCUT2D eigenvalue weighted by molar-refractivity contribution is 0.0935. The van der Waals surface area contributed by atoms with Crippen molar-refractivity contribution in [1.82, 2.24) is 20.1 Å². The van der Waals surface area contributed by atoms with E-state index in [0.717, 1.165) is 11.4 Å². The number of nitrogens with zero attached hydrogens (tertiary/aromatic N) is 2. The predicted octanol–water partition coefficient (Wildman–Crippen LogP) is 1.87. The summed E-state index contributed by atoms with van der Waals surface area (Å²) >= 11 is 0. The van der Waals surface area contributed by atoms with Crippen LogP contribution in [0, 0.1) is 0 Å². The zero-order valence-corrected chi connectivity index (χ0v) is 10.1. The van der Waals surface area contributed by atoms with Gasteiger partial charge in [0.15, 0.2) is 0 Å². The molecule has 0 bridgehead atoms. The summed E-state index contributed by atoms with van der Waals surface area (Å²) in [5.41, 5.74) is 1.66. The first-order valence-corrected chi connectivity index (χ1v) is 6.28. The molecule has 0 radical (unpaired) electrons. The Morgan fingerprint density at radius 3 is 3.06 bits per heavy atom. The van der Waals surface area contributed by atoms with Gasteiger partial charge >= 0.3 is 0 Å². The molecule has 2 N–H and O–H groups in total. The first kappa shape index (κ1) is 11.1. The number of amides is 1. The molecule has 5 nitrogen and oxygen atoms in total. The average molecular weight is 244 g/mol. The van der Waals surface area contributed by atoms with Gasteiger partial charge in [-0.3, -0.25) is 9.89 Å². The fourth-order valence-electron chi connectivity index (χ4n) is 2.22. The fourth-order valence-corrected chi connectivity index (χ4v) is 2.22. The molecular formula is C13H16N4O. The maximum atomic E-state index is 12.1. The van der Waals surface area contributed by atoms with Crippen molar-refractivity contribution in [1.29, 1.82) is 0 Å². The highest BCUT2D eigenvalue weighted by atomic mass is 16.1. The minimum atomic E-state index is -0.0264. The number of rotatable bonds is 4. The third-order valence-electron chi connectivity index (χ3n) is 3.48. The van der Waals surface area contributed by atoms with Crippen LogP contribution in [-0.4, -0.2) is 20.7 Å². The molecule has 5 heteroatoms. The van der Waals surface area contributed by atoms with Crippen LogP contribution in [0.2, 0.25) is 0 Å². The molecule has 1 fully saturated rings. The van der Waals surface area contributed by atoms with E-state index in [1.54, 1.807) is 6.20 Å². The number of carbonyl (C=O) groups excluding carboxylic acids is 1. The lowest BCUT2D eigenvalue weighted by Crippen LogP contribution is -2.28. The molecule has 1 aliphatic carbocycles. The second-order valence-corrected chi connectivity index (χ2v) is 4.65. The zero-order valence-electron chi connectivity index (χ0n) is 10.1. The standard InChI is InChI=1S/C13H16N4O/c18-13(14-9-10-6-7-15-16-10)12-5-2-8-17(12)11-3-1-4-11/h2,5-8,11H,1,3-4,9H2,(H,14,18)(H,15,16). The lowest BCUT2D eigenvalue weighted by atomic mass is 9.93. The van der Waals surface area contributed by atoms with Crippen LogP contribution in [-0.2, 0) is 6.54 Å². The Kier molecular flexibility index (Phi) is 2.88. The fraction of sp³-hybridized carbons (Fsp3) is 0.385. The van der Waals surface area contributed by atoms with E-state index in [4.69, 9.17) is 0 Å². The highest BCUT2D eigenvalue weighted by Crippen LogP contribution is 2.32. The van der Waals surface area contributed by atoms with E-state index in [-0.39, 0.29) is 5.91 Å². The summed E-state index contributed by atoms with van der Waals surface area (Å²) in [6, 6.07) is 6.17. The van der Waals surface area contributed by atoms with E-state index >= 15 is 0 Å². The Labute approximate surface area is 105 Å². The van der Waals surface area contributed by atoms with E-state index in [1.807, 2.05) is 24.4 Å². The molecule has 0 atom stereocenters. The summed E-state index contributed by atoms with van der Waals surface area (Å²) in [5.74, 6) is -0.0264. The number of carbonyl (C=O) groups is 1. The van der Waals surface area contributed by atoms with Crippen LogP contribution in [0.15, 0.2) is 30.6 Å². The second-order valence-electron chi connectivity index (χ2n) is 4.65. The van der Waals surface area contributed by atoms with Crippen LogP contribution in [0.3, 0.4) is 0 Å². The van der Waals surface area contributed by atoms with Crippen molar-refractivity contribution >= 4 is 5.91 Å². The summed E-state index contributed by atoms with van der Waals surface area (Å²) < 4.78 is 2.09. The van der Waals surface area contributed by atoms with Gasteiger partial charge in [0.05, 0.1) is 12.2 Å². The molecule has 1 aliphatic rings. The SMILES string of the molecule is O=C(NCc1ccn[nH]1)c1cccn1C1CCC1. The topological polar surface area (TPSA) is 62.7 Å². The van der Waals surface area contributed by atoms with Gasteiger partial charge < -0.3 is 9.88 Å². The Hall–Kier alpha value is -2.04. The van der Waals surface area contributed by atoms with Crippen molar-refractivity contribution in [3.05, 3.63) is 42.0 Å². The molecule has 0 aliphatic heterocycles. The summed E-state index contributed by atoms with van der Waals surface area (Å²) in [7, 11) is 0. The van der Waals surface area contributed by atoms with Gasteiger partial charge in [0.1, 0.15) is 5.69 Å². The minimum Gasteiger partial charge on any atom is -0.345 e. The van der Waals surface area contributed by atoms with Crippen LogP contribution < -0.4 is 5.32 Å². The Balaban J connectivity index is 1.66. The molecule has 0 unspecified atom stereocenters. The summed E-state index contributed by atoms with van der Waals surface area (Å²) in [5, 5.41) is 9.58. The number of nitrogens with one attached hydrogen (secondary N) is 2. The minimum absolute atomic E-state index is 0.0264. The van der Waals surface area contributed by atoms with E-state index in [9.17, 15) is 4.79 Å². The molecule has 0 spiro atoms. The molecule has 0 saturated heterocycles. The van der Waals surface area contributed by atoms with Crippen molar-refractivity contribution in [3.8, 4) is 0 Å². The molecule has 2 aromatic heterocycles. The van der Waals surface area contributed by atoms with Gasteiger partial charge in [-0.05, 0) is 37.5 Å². The third kappa shape index (κ3) is 2.03. The first-order valence-electron chi connectivity index (χ1n) is 6.28. The molecule has 2 heterocycles. The van der Waals surface area contributed by atoms with Crippen LogP contribution in [0.25, 0.3) is 0 Å². The number of H-pyrrole nitrogens is 1. The van der Waals surface area contributed by atoms with E-state index < -0.39 is 0 Å². The van der Waals surface area contributed by atoms with Gasteiger partial charge in [-0.1, -0.05) is 0 Å². The first-order chi connectivity index (χ1) is 8.84. The smallest absolute Gasteiger partial charge is 0.268 e. The van der Waals surface area contributed by atoms with E-state index in [1.165, 1.54) is 19.3 Å². The van der Waals surface area contributed by atoms with Crippen molar-refractivity contribution in [2.75, 3.05) is 0 Å². The maximum absolute atomic E-state index is 12.1. The average Bonchev–Trinajstić information content (AvgIpc) is 2.94. The highest BCUT2D eigenvalue weighted by Gasteiger charge is 2.22. The monoisotopic (exact) mass is 244 g/mol. The van der Waals surface area contributed by atoms with Gasteiger partial charge in [0.25, 0.3) is 5.91 Å². The van der Waals surface area contributed by atoms with Gasteiger partial charge in [-0.15, -0.1) is 0 Å². The Bertz CT molecular complexity index is 525. The molecule has 2 aromatic rings. The molecule has 0 aromatic carbocycles. The number of hydrogen-bond acceptors (Lipinski definition) is 2. The van der Waals surface area contributed by atoms with Crippen molar-refractivity contribution in [2.24, 2.45) is 0 Å². The van der Waals surface area contributed by atoms with Gasteiger partial charge in [-0.2, -0.15) is 5.10 Å². The molecule has 18 heavy (non-hydrogen) atoms. The molecule has 1 saturated carbocycles. The molecular weight excluding hydrogens is 228 g/mol. The van der Waals surface area contributed by atoms with Crippen LogP contribution in [0.4, 0.5) is 0 Å². The quantitative estimate of drug-likeness (QED) is 0.862. The number of aromatic nitrogens is 3. The largest absolute Gasteiger partial charge is 0.345 e. The van der Waals surface area contributed by atoms with Crippen molar-refractivity contribution < 1.29 is 4.79 Å². The van der Waals surface area contributed by atoms with Gasteiger partial charge in [0.2, 0.25) is 0 Å². The summed E-state index contributed by atoms with van der Waals surface area (Å²) in [4.78, 5) is 12.1. The van der Waals surface area contributed by atoms with Crippen molar-refractivity contribution in [3.63, 3.8) is 0 Å². The Morgan fingerprint density at radius 1 is 1.50 bits per heavy atom. The second kappa shape index (κ2) is 4.68. The third-order valence-corrected chi connectivity index (χ3v) is 3.48. The number of aromatic amines is 1. The predicted molar refractivity (Wildman–Crippen MR) is 67.1 cm³/mol. The van der Waals surface area contributed by atoms with Crippen LogP contribution >= 0.6 is 0 Å². The van der Waals surface area contributed by atoms with E-state index in [0.29, 0.717) is 12.6 Å². The molecule has 94 valence electrons. The summed E-state index contributed by atoms with van der Waals surface area (Å²) in [6.07, 6.45) is 7.29. The highest BCUT2D eigenvalue weighted by molar-refractivity contribution is 5.92.